The summed E-state index contributed by atoms with van der Waals surface area (Å²) in [5.74, 6) is 0. The summed E-state index contributed by atoms with van der Waals surface area (Å²) in [7, 11) is 3.15. The van der Waals surface area contributed by atoms with Crippen LogP contribution in [0.15, 0.2) is 6.33 Å². The summed E-state index contributed by atoms with van der Waals surface area (Å²) in [6.45, 7) is 0.362. The van der Waals surface area contributed by atoms with Crippen molar-refractivity contribution in [2.24, 2.45) is 0 Å². The monoisotopic (exact) mass is 276 g/mol. The molecule has 2 aromatic rings. The van der Waals surface area contributed by atoms with Crippen LogP contribution in [-0.2, 0) is 9.47 Å². The fourth-order valence-corrected chi connectivity index (χ4v) is 1.89. The predicted molar refractivity (Wildman–Crippen MR) is 63.3 cm³/mol. The molecule has 2 heterocycles. The van der Waals surface area contributed by atoms with Gasteiger partial charge in [0, 0.05) is 14.2 Å². The first kappa shape index (κ1) is 12.5. The highest BCUT2D eigenvalue weighted by molar-refractivity contribution is 6.35. The SMILES string of the molecule is COCC(OC)n1cnc2c(Cl)nc(Cl)nc21. The van der Waals surface area contributed by atoms with Crippen LogP contribution in [0.25, 0.3) is 11.2 Å². The number of imidazole rings is 1. The quantitative estimate of drug-likeness (QED) is 0.631. The van der Waals surface area contributed by atoms with Gasteiger partial charge in [0.15, 0.2) is 17.0 Å². The minimum Gasteiger partial charge on any atom is -0.380 e. The lowest BCUT2D eigenvalue weighted by molar-refractivity contribution is -0.0161. The standard InChI is InChI=1S/C9H10Cl2N4O2/c1-16-3-5(17-2)15-4-12-6-7(10)13-9(11)14-8(6)15/h4-5H,3H2,1-2H3. The van der Waals surface area contributed by atoms with Gasteiger partial charge >= 0.3 is 0 Å². The maximum absolute atomic E-state index is 5.92. The molecule has 0 N–H and O–H groups in total. The van der Waals surface area contributed by atoms with Crippen molar-refractivity contribution in [2.75, 3.05) is 20.8 Å². The van der Waals surface area contributed by atoms with Crippen molar-refractivity contribution < 1.29 is 9.47 Å². The summed E-state index contributed by atoms with van der Waals surface area (Å²) in [6, 6.07) is 0. The van der Waals surface area contributed by atoms with E-state index in [0.717, 1.165) is 0 Å². The molecule has 0 amide bonds. The number of ether oxygens (including phenoxy) is 2. The molecule has 0 radical (unpaired) electrons. The average Bonchev–Trinajstić information content (AvgIpc) is 2.69. The van der Waals surface area contributed by atoms with Gasteiger partial charge in [-0.25, -0.2) is 9.97 Å². The van der Waals surface area contributed by atoms with Gasteiger partial charge in [-0.15, -0.1) is 0 Å². The maximum atomic E-state index is 5.92. The Morgan fingerprint density at radius 1 is 1.35 bits per heavy atom. The fraction of sp³-hybridized carbons (Fsp3) is 0.444. The highest BCUT2D eigenvalue weighted by atomic mass is 35.5. The van der Waals surface area contributed by atoms with Crippen molar-refractivity contribution in [1.82, 2.24) is 19.5 Å². The van der Waals surface area contributed by atoms with Crippen LogP contribution in [0.5, 0.6) is 0 Å². The molecule has 17 heavy (non-hydrogen) atoms. The van der Waals surface area contributed by atoms with Crippen LogP contribution < -0.4 is 0 Å². The summed E-state index contributed by atoms with van der Waals surface area (Å²) in [5.41, 5.74) is 0.994. The van der Waals surface area contributed by atoms with Gasteiger partial charge in [0.25, 0.3) is 0 Å². The van der Waals surface area contributed by atoms with Gasteiger partial charge in [-0.1, -0.05) is 11.6 Å². The van der Waals surface area contributed by atoms with Crippen LogP contribution in [0.3, 0.4) is 0 Å². The molecular weight excluding hydrogens is 267 g/mol. The third-order valence-electron chi connectivity index (χ3n) is 2.24. The van der Waals surface area contributed by atoms with E-state index in [1.807, 2.05) is 0 Å². The number of halogens is 2. The molecule has 0 saturated carbocycles. The molecule has 8 heteroatoms. The van der Waals surface area contributed by atoms with Gasteiger partial charge in [0.05, 0.1) is 12.9 Å². The Bertz CT molecular complexity index is 531. The summed E-state index contributed by atoms with van der Waals surface area (Å²) >= 11 is 11.7. The van der Waals surface area contributed by atoms with Crippen molar-refractivity contribution in [1.29, 1.82) is 0 Å². The Morgan fingerprint density at radius 3 is 2.76 bits per heavy atom. The molecule has 0 saturated heterocycles. The summed E-state index contributed by atoms with van der Waals surface area (Å²) in [6.07, 6.45) is 1.22. The number of hydrogen-bond donors (Lipinski definition) is 0. The lowest BCUT2D eigenvalue weighted by Gasteiger charge is -2.15. The van der Waals surface area contributed by atoms with E-state index in [1.54, 1.807) is 25.1 Å². The van der Waals surface area contributed by atoms with Gasteiger partial charge in [0.2, 0.25) is 5.28 Å². The second-order valence-electron chi connectivity index (χ2n) is 3.25. The molecule has 0 bridgehead atoms. The van der Waals surface area contributed by atoms with Crippen molar-refractivity contribution >= 4 is 34.4 Å². The average molecular weight is 277 g/mol. The second kappa shape index (κ2) is 5.14. The molecule has 2 aromatic heterocycles. The van der Waals surface area contributed by atoms with Gasteiger partial charge in [-0.05, 0) is 11.6 Å². The van der Waals surface area contributed by atoms with Crippen LogP contribution in [0.2, 0.25) is 10.4 Å². The van der Waals surface area contributed by atoms with Gasteiger partial charge < -0.3 is 9.47 Å². The van der Waals surface area contributed by atoms with Gasteiger partial charge in [-0.3, -0.25) is 4.57 Å². The van der Waals surface area contributed by atoms with Crippen molar-refractivity contribution in [3.8, 4) is 0 Å². The van der Waals surface area contributed by atoms with E-state index in [-0.39, 0.29) is 16.7 Å². The third kappa shape index (κ3) is 2.35. The minimum absolute atomic E-state index is 0.0662. The molecule has 0 aromatic carbocycles. The Kier molecular flexibility index (Phi) is 3.78. The molecule has 0 aliphatic heterocycles. The molecule has 92 valence electrons. The summed E-state index contributed by atoms with van der Waals surface area (Å²) in [5, 5.41) is 0.280. The molecule has 2 rings (SSSR count). The summed E-state index contributed by atoms with van der Waals surface area (Å²) < 4.78 is 12.0. The Hall–Kier alpha value is -0.950. The molecule has 1 unspecified atom stereocenters. The van der Waals surface area contributed by atoms with Gasteiger partial charge in [-0.2, -0.15) is 4.98 Å². The lowest BCUT2D eigenvalue weighted by Crippen LogP contribution is -2.16. The predicted octanol–water partition coefficient (Wildman–Crippen LogP) is 1.92. The van der Waals surface area contributed by atoms with E-state index in [9.17, 15) is 0 Å². The summed E-state index contributed by atoms with van der Waals surface area (Å²) in [4.78, 5) is 12.0. The number of rotatable bonds is 4. The molecule has 1 atom stereocenters. The smallest absolute Gasteiger partial charge is 0.225 e. The van der Waals surface area contributed by atoms with Crippen molar-refractivity contribution in [2.45, 2.75) is 6.23 Å². The first-order valence-electron chi connectivity index (χ1n) is 4.74. The molecule has 6 nitrogen and oxygen atoms in total. The largest absolute Gasteiger partial charge is 0.380 e. The second-order valence-corrected chi connectivity index (χ2v) is 3.95. The Labute approximate surface area is 107 Å². The van der Waals surface area contributed by atoms with Gasteiger partial charge in [0.1, 0.15) is 5.52 Å². The molecular formula is C9H10Cl2N4O2. The van der Waals surface area contributed by atoms with E-state index in [4.69, 9.17) is 32.7 Å². The topological polar surface area (TPSA) is 62.1 Å². The first-order chi connectivity index (χ1) is 8.17. The lowest BCUT2D eigenvalue weighted by atomic mass is 10.5. The number of nitrogens with zero attached hydrogens (tertiary/aromatic N) is 4. The third-order valence-corrected chi connectivity index (χ3v) is 2.68. The number of aromatic nitrogens is 4. The first-order valence-corrected chi connectivity index (χ1v) is 5.50. The van der Waals surface area contributed by atoms with Crippen molar-refractivity contribution in [3.63, 3.8) is 0 Å². The van der Waals surface area contributed by atoms with Crippen LogP contribution in [0.1, 0.15) is 6.23 Å². The Balaban J connectivity index is 2.54. The normalized spacial score (nSPS) is 13.2. The van der Waals surface area contributed by atoms with Crippen LogP contribution in [0.4, 0.5) is 0 Å². The molecule has 0 aliphatic carbocycles. The number of methoxy groups -OCH3 is 2. The van der Waals surface area contributed by atoms with Crippen LogP contribution in [0, 0.1) is 0 Å². The maximum Gasteiger partial charge on any atom is 0.225 e. The zero-order chi connectivity index (χ0) is 12.4. The van der Waals surface area contributed by atoms with Crippen molar-refractivity contribution in [3.05, 3.63) is 16.8 Å². The molecule has 0 spiro atoms. The molecule has 0 fully saturated rings. The van der Waals surface area contributed by atoms with E-state index in [2.05, 4.69) is 15.0 Å². The van der Waals surface area contributed by atoms with E-state index >= 15 is 0 Å². The van der Waals surface area contributed by atoms with Crippen LogP contribution in [-0.4, -0.2) is 40.3 Å². The zero-order valence-corrected chi connectivity index (χ0v) is 10.7. The van der Waals surface area contributed by atoms with E-state index < -0.39 is 0 Å². The number of fused-ring (bicyclic) bond motifs is 1. The number of hydrogen-bond acceptors (Lipinski definition) is 5. The van der Waals surface area contributed by atoms with E-state index in [1.165, 1.54) is 0 Å². The van der Waals surface area contributed by atoms with E-state index in [0.29, 0.717) is 17.8 Å². The minimum atomic E-state index is -0.341. The zero-order valence-electron chi connectivity index (χ0n) is 9.22. The molecule has 0 aliphatic rings. The highest BCUT2D eigenvalue weighted by Gasteiger charge is 2.17. The highest BCUT2D eigenvalue weighted by Crippen LogP contribution is 2.23. The fourth-order valence-electron chi connectivity index (χ4n) is 1.47. The van der Waals surface area contributed by atoms with Crippen LogP contribution >= 0.6 is 23.2 Å². The Morgan fingerprint density at radius 2 is 2.12 bits per heavy atom.